The first kappa shape index (κ1) is 23.6. The van der Waals surface area contributed by atoms with Crippen molar-refractivity contribution in [2.45, 2.75) is 0 Å². The molecule has 0 fully saturated rings. The van der Waals surface area contributed by atoms with Gasteiger partial charge in [-0.2, -0.15) is 0 Å². The fourth-order valence-electron chi connectivity index (χ4n) is 3.61. The number of imide groups is 1. The Labute approximate surface area is 200 Å². The van der Waals surface area contributed by atoms with Crippen LogP contribution >= 0.6 is 0 Å². The summed E-state index contributed by atoms with van der Waals surface area (Å²) < 4.78 is 0. The third-order valence-corrected chi connectivity index (χ3v) is 5.27. The summed E-state index contributed by atoms with van der Waals surface area (Å²) in [5, 5.41) is 44.3. The van der Waals surface area contributed by atoms with Gasteiger partial charge in [-0.05, 0) is 24.3 Å². The number of amides is 2. The predicted octanol–water partition coefficient (Wildman–Crippen LogP) is 3.61. The maximum Gasteiger partial charge on any atom is 0.339 e. The van der Waals surface area contributed by atoms with Gasteiger partial charge in [0.05, 0.1) is 27.2 Å². The smallest absolute Gasteiger partial charge is 0.339 e. The van der Waals surface area contributed by atoms with Gasteiger partial charge in [-0.3, -0.25) is 29.8 Å². The number of para-hydroxylation sites is 1. The van der Waals surface area contributed by atoms with Crippen LogP contribution in [0.5, 0.6) is 5.75 Å². The number of anilines is 3. The molecule has 0 saturated heterocycles. The van der Waals surface area contributed by atoms with E-state index in [2.05, 4.69) is 5.32 Å². The second-order valence-electron chi connectivity index (χ2n) is 7.43. The molecule has 0 spiro atoms. The zero-order chi connectivity index (χ0) is 26.1. The number of aromatic carboxylic acids is 1. The van der Waals surface area contributed by atoms with E-state index in [0.717, 1.165) is 41.3 Å². The lowest BCUT2D eigenvalue weighted by atomic mass is 10.0. The molecule has 0 atom stereocenters. The van der Waals surface area contributed by atoms with Gasteiger partial charge in [0.2, 0.25) is 0 Å². The van der Waals surface area contributed by atoms with E-state index in [4.69, 9.17) is 5.11 Å². The summed E-state index contributed by atoms with van der Waals surface area (Å²) in [4.78, 5) is 58.6. The first-order valence-corrected chi connectivity index (χ1v) is 10.0. The van der Waals surface area contributed by atoms with Crippen molar-refractivity contribution in [3.63, 3.8) is 0 Å². The van der Waals surface area contributed by atoms with Crippen molar-refractivity contribution < 1.29 is 34.4 Å². The molecule has 2 amide bonds. The van der Waals surface area contributed by atoms with E-state index >= 15 is 0 Å². The lowest BCUT2D eigenvalue weighted by Gasteiger charge is -2.17. The molecular weight excluding hydrogens is 476 g/mol. The average molecular weight is 490 g/mol. The molecule has 3 aromatic rings. The van der Waals surface area contributed by atoms with Gasteiger partial charge in [0.15, 0.2) is 0 Å². The molecule has 3 aromatic carbocycles. The van der Waals surface area contributed by atoms with Gasteiger partial charge in [-0.15, -0.1) is 0 Å². The van der Waals surface area contributed by atoms with Crippen molar-refractivity contribution in [3.8, 4) is 5.75 Å². The van der Waals surface area contributed by atoms with Crippen LogP contribution in [0.15, 0.2) is 66.7 Å². The van der Waals surface area contributed by atoms with Crippen LogP contribution in [-0.2, 0) is 9.59 Å². The predicted molar refractivity (Wildman–Crippen MR) is 125 cm³/mol. The fraction of sp³-hybridized carbons (Fsp3) is 0. The van der Waals surface area contributed by atoms with E-state index in [1.54, 1.807) is 12.1 Å². The highest BCUT2D eigenvalue weighted by Gasteiger charge is 2.35. The molecule has 13 nitrogen and oxygen atoms in total. The number of aromatic hydroxyl groups is 1. The summed E-state index contributed by atoms with van der Waals surface area (Å²) in [5.41, 5.74) is -1.27. The van der Waals surface area contributed by atoms with Crippen LogP contribution in [0.1, 0.15) is 15.9 Å². The van der Waals surface area contributed by atoms with Crippen molar-refractivity contribution in [2.75, 3.05) is 10.2 Å². The molecule has 0 bridgehead atoms. The largest absolute Gasteiger partial charge is 0.507 e. The van der Waals surface area contributed by atoms with Gasteiger partial charge in [0.1, 0.15) is 17.0 Å². The first-order valence-electron chi connectivity index (χ1n) is 10.0. The Bertz CT molecular complexity index is 1510. The minimum absolute atomic E-state index is 0.0600. The Hall–Kier alpha value is -5.59. The number of phenols is 1. The number of carboxylic acid groups (broad SMARTS) is 1. The molecule has 1 aliphatic heterocycles. The molecule has 0 saturated carbocycles. The first-order chi connectivity index (χ1) is 17.1. The Morgan fingerprint density at radius 1 is 0.917 bits per heavy atom. The number of hydrogen-bond donors (Lipinski definition) is 3. The van der Waals surface area contributed by atoms with Gasteiger partial charge < -0.3 is 15.5 Å². The van der Waals surface area contributed by atoms with Crippen molar-refractivity contribution in [1.29, 1.82) is 0 Å². The zero-order valence-electron chi connectivity index (χ0n) is 17.9. The summed E-state index contributed by atoms with van der Waals surface area (Å²) in [5.74, 6) is -3.57. The molecule has 4 rings (SSSR count). The number of nitro benzene ring substituents is 2. The minimum atomic E-state index is -1.39. The quantitative estimate of drug-likeness (QED) is 0.250. The Kier molecular flexibility index (Phi) is 5.88. The number of nitro groups is 2. The number of non-ortho nitro benzene ring substituents is 1. The van der Waals surface area contributed by atoms with Crippen molar-refractivity contribution >= 4 is 51.8 Å². The number of carboxylic acids is 1. The monoisotopic (exact) mass is 490 g/mol. The molecule has 13 heteroatoms. The summed E-state index contributed by atoms with van der Waals surface area (Å²) in [6, 6.07) is 12.4. The summed E-state index contributed by atoms with van der Waals surface area (Å²) >= 11 is 0. The summed E-state index contributed by atoms with van der Waals surface area (Å²) in [6.07, 6.45) is 1.04. The van der Waals surface area contributed by atoms with Crippen molar-refractivity contribution in [1.82, 2.24) is 0 Å². The van der Waals surface area contributed by atoms with Crippen LogP contribution in [0.4, 0.5) is 28.4 Å². The molecule has 0 unspecified atom stereocenters. The number of rotatable bonds is 7. The number of carbonyl (C=O) groups excluding carboxylic acids is 2. The molecule has 0 aliphatic carbocycles. The number of carbonyl (C=O) groups is 3. The van der Waals surface area contributed by atoms with Crippen LogP contribution in [0.2, 0.25) is 0 Å². The number of nitrogens with zero attached hydrogens (tertiary/aromatic N) is 3. The number of hydrogen-bond acceptors (Lipinski definition) is 9. The van der Waals surface area contributed by atoms with Crippen LogP contribution in [0.3, 0.4) is 0 Å². The van der Waals surface area contributed by atoms with E-state index in [1.165, 1.54) is 18.2 Å². The molecule has 1 heterocycles. The van der Waals surface area contributed by atoms with E-state index in [-0.39, 0.29) is 28.2 Å². The topological polar surface area (TPSA) is 193 Å². The van der Waals surface area contributed by atoms with Crippen LogP contribution in [0.25, 0.3) is 5.57 Å². The highest BCUT2D eigenvalue weighted by Crippen LogP contribution is 2.37. The molecule has 36 heavy (non-hydrogen) atoms. The Morgan fingerprint density at radius 2 is 1.64 bits per heavy atom. The van der Waals surface area contributed by atoms with Crippen molar-refractivity contribution in [2.24, 2.45) is 0 Å². The maximum atomic E-state index is 13.2. The summed E-state index contributed by atoms with van der Waals surface area (Å²) in [7, 11) is 0. The summed E-state index contributed by atoms with van der Waals surface area (Å²) in [6.45, 7) is 0. The van der Waals surface area contributed by atoms with E-state index < -0.39 is 50.3 Å². The Morgan fingerprint density at radius 3 is 2.28 bits per heavy atom. The normalized spacial score (nSPS) is 12.9. The van der Waals surface area contributed by atoms with E-state index in [9.17, 15) is 39.7 Å². The lowest BCUT2D eigenvalue weighted by Crippen LogP contribution is -2.30. The Balaban J connectivity index is 1.70. The molecule has 3 N–H and O–H groups in total. The van der Waals surface area contributed by atoms with E-state index in [0.29, 0.717) is 0 Å². The number of nitrogens with one attached hydrogen (secondary N) is 1. The van der Waals surface area contributed by atoms with Crippen LogP contribution in [0, 0.1) is 20.2 Å². The van der Waals surface area contributed by atoms with Gasteiger partial charge in [0.25, 0.3) is 23.2 Å². The molecule has 0 radical (unpaired) electrons. The van der Waals surface area contributed by atoms with Gasteiger partial charge in [-0.25, -0.2) is 9.69 Å². The highest BCUT2D eigenvalue weighted by atomic mass is 16.6. The van der Waals surface area contributed by atoms with Gasteiger partial charge in [-0.1, -0.05) is 18.2 Å². The van der Waals surface area contributed by atoms with Gasteiger partial charge in [0, 0.05) is 29.5 Å². The molecule has 180 valence electrons. The van der Waals surface area contributed by atoms with Crippen molar-refractivity contribution in [3.05, 3.63) is 98.1 Å². The second kappa shape index (κ2) is 8.98. The molecule has 0 aromatic heterocycles. The highest BCUT2D eigenvalue weighted by molar-refractivity contribution is 6.44. The third kappa shape index (κ3) is 4.19. The van der Waals surface area contributed by atoms with Gasteiger partial charge >= 0.3 is 5.97 Å². The minimum Gasteiger partial charge on any atom is -0.507 e. The van der Waals surface area contributed by atoms with E-state index in [1.807, 2.05) is 0 Å². The SMILES string of the molecule is O=C(O)c1ccc(N2C(=O)C=C(c3ccccc3Nc3ccc([N+](=O)[O-])cc3[N+](=O)[O-])C2=O)cc1O. The fourth-order valence-corrected chi connectivity index (χ4v) is 3.61. The molecular formula is C23H14N4O9. The number of benzene rings is 3. The molecule has 1 aliphatic rings. The second-order valence-corrected chi connectivity index (χ2v) is 7.43. The average Bonchev–Trinajstić information content (AvgIpc) is 3.12. The lowest BCUT2D eigenvalue weighted by molar-refractivity contribution is -0.393. The third-order valence-electron chi connectivity index (χ3n) is 5.27. The maximum absolute atomic E-state index is 13.2. The van der Waals surface area contributed by atoms with Crippen LogP contribution in [-0.4, -0.2) is 37.8 Å². The standard InChI is InChI=1S/C23H14N4O9/c28-20-10-12(5-7-15(20)23(31)32)25-21(29)11-16(22(25)30)14-3-1-2-4-17(14)24-18-8-6-13(26(33)34)9-19(18)27(35)36/h1-11,24,28H,(H,31,32). The zero-order valence-corrected chi connectivity index (χ0v) is 17.9. The van der Waals surface area contributed by atoms with Crippen LogP contribution < -0.4 is 10.2 Å².